The predicted octanol–water partition coefficient (Wildman–Crippen LogP) is 4.33. The summed E-state index contributed by atoms with van der Waals surface area (Å²) in [4.78, 5) is 12.4. The summed E-state index contributed by atoms with van der Waals surface area (Å²) in [7, 11) is 0. The van der Waals surface area contributed by atoms with Gasteiger partial charge < -0.3 is 11.1 Å². The molecular weight excluding hydrogens is 280 g/mol. The number of rotatable bonds is 5. The van der Waals surface area contributed by atoms with E-state index in [1.807, 2.05) is 0 Å². The maximum absolute atomic E-state index is 11.7. The summed E-state index contributed by atoms with van der Waals surface area (Å²) in [6.45, 7) is 4.43. The lowest BCUT2D eigenvalue weighted by Gasteiger charge is -2.08. The fourth-order valence-corrected chi connectivity index (χ4v) is 3.61. The molecule has 0 unspecified atom stereocenters. The van der Waals surface area contributed by atoms with E-state index in [2.05, 4.69) is 36.5 Å². The van der Waals surface area contributed by atoms with Gasteiger partial charge in [0.25, 0.3) is 0 Å². The van der Waals surface area contributed by atoms with Gasteiger partial charge in [-0.2, -0.15) is 0 Å². The van der Waals surface area contributed by atoms with Crippen molar-refractivity contribution in [2.45, 2.75) is 39.2 Å². The zero-order valence-electron chi connectivity index (χ0n) is 12.4. The zero-order valence-corrected chi connectivity index (χ0v) is 13.2. The lowest BCUT2D eigenvalue weighted by Crippen LogP contribution is -2.01. The Labute approximate surface area is 129 Å². The van der Waals surface area contributed by atoms with Crippen LogP contribution < -0.4 is 11.1 Å². The van der Waals surface area contributed by atoms with Crippen LogP contribution in [-0.4, -0.2) is 5.78 Å². The van der Waals surface area contributed by atoms with Crippen LogP contribution in [0, 0.1) is 6.92 Å². The molecule has 0 bridgehead atoms. The number of ketones is 1. The van der Waals surface area contributed by atoms with Crippen molar-refractivity contribution in [2.24, 2.45) is 0 Å². The lowest BCUT2D eigenvalue weighted by molar-refractivity contribution is 0.102. The molecule has 0 radical (unpaired) electrons. The number of Topliss-reactive ketones (excluding diaryl/α,β-unsaturated/α-hetero) is 1. The van der Waals surface area contributed by atoms with Crippen LogP contribution in [0.3, 0.4) is 0 Å². The van der Waals surface area contributed by atoms with E-state index in [4.69, 9.17) is 5.73 Å². The first-order chi connectivity index (χ1) is 10.1. The molecule has 1 aliphatic carbocycles. The summed E-state index contributed by atoms with van der Waals surface area (Å²) in [5.41, 5.74) is 10.5. The van der Waals surface area contributed by atoms with Gasteiger partial charge in [0, 0.05) is 19.0 Å². The molecule has 1 heterocycles. The maximum atomic E-state index is 11.7. The Kier molecular flexibility index (Phi) is 3.72. The van der Waals surface area contributed by atoms with Crippen LogP contribution in [0.25, 0.3) is 0 Å². The van der Waals surface area contributed by atoms with Crippen molar-refractivity contribution < 1.29 is 4.79 Å². The van der Waals surface area contributed by atoms with Gasteiger partial charge in [-0.25, -0.2) is 0 Å². The molecule has 3 N–H and O–H groups in total. The minimum Gasteiger partial charge on any atom is -0.397 e. The summed E-state index contributed by atoms with van der Waals surface area (Å²) in [5, 5.41) is 4.54. The number of nitrogens with two attached hydrogens (primary N) is 1. The van der Waals surface area contributed by atoms with Crippen LogP contribution >= 0.6 is 11.3 Å². The molecule has 0 atom stereocenters. The van der Waals surface area contributed by atoms with Crippen LogP contribution in [0.1, 0.15) is 52.0 Å². The highest BCUT2D eigenvalue weighted by molar-refractivity contribution is 7.18. The van der Waals surface area contributed by atoms with E-state index < -0.39 is 0 Å². The standard InChI is InChI=1S/C17H20N2OS/c1-10-3-5-12(6-4-10)9-19-17-14(13-7-8-13)15(18)16(21-17)11(2)20/h3-6,13,19H,7-9,18H2,1-2H3. The second-order valence-electron chi connectivity index (χ2n) is 5.76. The van der Waals surface area contributed by atoms with E-state index >= 15 is 0 Å². The summed E-state index contributed by atoms with van der Waals surface area (Å²) in [6.07, 6.45) is 2.36. The zero-order chi connectivity index (χ0) is 15.0. The molecule has 1 aromatic carbocycles. The summed E-state index contributed by atoms with van der Waals surface area (Å²) >= 11 is 1.50. The molecule has 3 nitrogen and oxygen atoms in total. The first kappa shape index (κ1) is 14.1. The topological polar surface area (TPSA) is 55.1 Å². The number of hydrogen-bond donors (Lipinski definition) is 2. The van der Waals surface area contributed by atoms with Crippen LogP contribution in [-0.2, 0) is 6.54 Å². The Bertz CT molecular complexity index is 669. The van der Waals surface area contributed by atoms with Crippen LogP contribution in [0.2, 0.25) is 0 Å². The van der Waals surface area contributed by atoms with E-state index in [0.29, 0.717) is 16.5 Å². The van der Waals surface area contributed by atoms with E-state index in [1.54, 1.807) is 6.92 Å². The Morgan fingerprint density at radius 2 is 2.00 bits per heavy atom. The highest BCUT2D eigenvalue weighted by Gasteiger charge is 2.32. The molecule has 3 rings (SSSR count). The SMILES string of the molecule is CC(=O)c1sc(NCc2ccc(C)cc2)c(C2CC2)c1N. The summed E-state index contributed by atoms with van der Waals surface area (Å²) in [6, 6.07) is 8.48. The number of carbonyl (C=O) groups is 1. The molecule has 1 fully saturated rings. The van der Waals surface area contributed by atoms with E-state index in [9.17, 15) is 4.79 Å². The van der Waals surface area contributed by atoms with Crippen LogP contribution in [0.4, 0.5) is 10.7 Å². The smallest absolute Gasteiger partial charge is 0.171 e. The molecule has 0 aliphatic heterocycles. The van der Waals surface area contributed by atoms with E-state index in [-0.39, 0.29) is 5.78 Å². The van der Waals surface area contributed by atoms with Crippen molar-refractivity contribution in [1.29, 1.82) is 0 Å². The van der Waals surface area contributed by atoms with Gasteiger partial charge in [0.1, 0.15) is 0 Å². The minimum atomic E-state index is 0.0581. The van der Waals surface area contributed by atoms with Gasteiger partial charge in [-0.05, 0) is 31.2 Å². The third-order valence-corrected chi connectivity index (χ3v) is 5.14. The fraction of sp³-hybridized carbons (Fsp3) is 0.353. The fourth-order valence-electron chi connectivity index (χ4n) is 2.52. The minimum absolute atomic E-state index is 0.0581. The van der Waals surface area contributed by atoms with Crippen LogP contribution in [0.5, 0.6) is 0 Å². The third kappa shape index (κ3) is 2.95. The molecule has 1 aliphatic rings. The van der Waals surface area contributed by atoms with Gasteiger partial charge >= 0.3 is 0 Å². The number of aryl methyl sites for hydroxylation is 1. The van der Waals surface area contributed by atoms with Gasteiger partial charge in [0.05, 0.1) is 15.6 Å². The van der Waals surface area contributed by atoms with Crippen molar-refractivity contribution in [3.63, 3.8) is 0 Å². The Balaban J connectivity index is 1.82. The van der Waals surface area contributed by atoms with Crippen molar-refractivity contribution in [3.8, 4) is 0 Å². The largest absolute Gasteiger partial charge is 0.397 e. The molecule has 0 amide bonds. The van der Waals surface area contributed by atoms with Crippen molar-refractivity contribution in [3.05, 3.63) is 45.8 Å². The normalized spacial score (nSPS) is 14.2. The Hall–Kier alpha value is -1.81. The molecule has 0 saturated heterocycles. The molecule has 1 aromatic heterocycles. The number of thiophene rings is 1. The average Bonchev–Trinajstić information content (AvgIpc) is 3.22. The predicted molar refractivity (Wildman–Crippen MR) is 89.2 cm³/mol. The average molecular weight is 300 g/mol. The molecule has 2 aromatic rings. The molecular formula is C17H20N2OS. The number of nitrogens with one attached hydrogen (secondary N) is 1. The lowest BCUT2D eigenvalue weighted by atomic mass is 10.1. The number of hydrogen-bond acceptors (Lipinski definition) is 4. The number of anilines is 2. The number of benzene rings is 1. The van der Waals surface area contributed by atoms with Gasteiger partial charge in [-0.15, -0.1) is 11.3 Å². The third-order valence-electron chi connectivity index (χ3n) is 3.86. The molecule has 0 spiro atoms. The second kappa shape index (κ2) is 5.53. The Morgan fingerprint density at radius 3 is 2.57 bits per heavy atom. The maximum Gasteiger partial charge on any atom is 0.171 e. The molecule has 21 heavy (non-hydrogen) atoms. The van der Waals surface area contributed by atoms with Crippen molar-refractivity contribution in [2.75, 3.05) is 11.1 Å². The van der Waals surface area contributed by atoms with Gasteiger partial charge in [0.15, 0.2) is 5.78 Å². The molecule has 1 saturated carbocycles. The first-order valence-electron chi connectivity index (χ1n) is 7.28. The van der Waals surface area contributed by atoms with Crippen molar-refractivity contribution >= 4 is 27.8 Å². The van der Waals surface area contributed by atoms with E-state index in [0.717, 1.165) is 17.1 Å². The van der Waals surface area contributed by atoms with Gasteiger partial charge in [0.2, 0.25) is 0 Å². The monoisotopic (exact) mass is 300 g/mol. The van der Waals surface area contributed by atoms with Crippen molar-refractivity contribution in [1.82, 2.24) is 0 Å². The summed E-state index contributed by atoms with van der Waals surface area (Å²) in [5.74, 6) is 0.595. The molecule has 110 valence electrons. The van der Waals surface area contributed by atoms with E-state index in [1.165, 1.54) is 35.3 Å². The first-order valence-corrected chi connectivity index (χ1v) is 8.10. The highest BCUT2D eigenvalue weighted by atomic mass is 32.1. The quantitative estimate of drug-likeness (QED) is 0.808. The Morgan fingerprint density at radius 1 is 1.33 bits per heavy atom. The second-order valence-corrected chi connectivity index (χ2v) is 6.78. The molecule has 4 heteroatoms. The van der Waals surface area contributed by atoms with Crippen LogP contribution in [0.15, 0.2) is 24.3 Å². The number of carbonyl (C=O) groups excluding carboxylic acids is 1. The summed E-state index contributed by atoms with van der Waals surface area (Å²) < 4.78 is 0. The highest BCUT2D eigenvalue weighted by Crippen LogP contribution is 2.50. The van der Waals surface area contributed by atoms with Gasteiger partial charge in [-0.3, -0.25) is 4.79 Å². The van der Waals surface area contributed by atoms with Gasteiger partial charge in [-0.1, -0.05) is 29.8 Å². The number of nitrogen functional groups attached to an aromatic ring is 1.